The minimum Gasteiger partial charge on any atom is -0.348 e. The lowest BCUT2D eigenvalue weighted by Gasteiger charge is -1.99. The smallest absolute Gasteiger partial charge is 0.142 e. The van der Waals surface area contributed by atoms with Crippen LogP contribution in [-0.4, -0.2) is 10.9 Å². The lowest BCUT2D eigenvalue weighted by molar-refractivity contribution is -0.104. The van der Waals surface area contributed by atoms with Crippen molar-refractivity contribution in [2.45, 2.75) is 13.5 Å². The number of aldehydes is 1. The molecule has 11 heavy (non-hydrogen) atoms. The van der Waals surface area contributed by atoms with Crippen molar-refractivity contribution in [3.63, 3.8) is 0 Å². The van der Waals surface area contributed by atoms with Crippen LogP contribution < -0.4 is 0 Å². The molecule has 0 amide bonds. The van der Waals surface area contributed by atoms with Gasteiger partial charge in [0.15, 0.2) is 0 Å². The summed E-state index contributed by atoms with van der Waals surface area (Å²) in [4.78, 5) is 10.0. The molecule has 2 nitrogen and oxygen atoms in total. The van der Waals surface area contributed by atoms with Crippen LogP contribution in [0.25, 0.3) is 6.08 Å². The summed E-state index contributed by atoms with van der Waals surface area (Å²) in [7, 11) is 0. The Labute approximate surface area is 66.1 Å². The summed E-state index contributed by atoms with van der Waals surface area (Å²) < 4.78 is 2.07. The zero-order valence-corrected chi connectivity index (χ0v) is 6.53. The van der Waals surface area contributed by atoms with Crippen molar-refractivity contribution in [1.29, 1.82) is 0 Å². The zero-order valence-electron chi connectivity index (χ0n) is 6.53. The molecule has 1 aromatic heterocycles. The van der Waals surface area contributed by atoms with Gasteiger partial charge in [-0.2, -0.15) is 0 Å². The van der Waals surface area contributed by atoms with Gasteiger partial charge in [0.25, 0.3) is 0 Å². The van der Waals surface area contributed by atoms with Gasteiger partial charge < -0.3 is 4.57 Å². The minimum absolute atomic E-state index is 0.785. The molecule has 0 aliphatic carbocycles. The molecule has 58 valence electrons. The van der Waals surface area contributed by atoms with Crippen LogP contribution in [-0.2, 0) is 11.3 Å². The minimum atomic E-state index is 0.785. The second-order valence-corrected chi connectivity index (χ2v) is 2.21. The zero-order chi connectivity index (χ0) is 8.10. The highest BCUT2D eigenvalue weighted by molar-refractivity contribution is 5.73. The van der Waals surface area contributed by atoms with Gasteiger partial charge in [0, 0.05) is 18.4 Å². The Hall–Kier alpha value is -1.31. The summed E-state index contributed by atoms with van der Waals surface area (Å²) in [5.74, 6) is 0. The molecule has 0 radical (unpaired) electrons. The van der Waals surface area contributed by atoms with Crippen molar-refractivity contribution < 1.29 is 4.79 Å². The van der Waals surface area contributed by atoms with E-state index < -0.39 is 0 Å². The fourth-order valence-electron chi connectivity index (χ4n) is 1.00. The van der Waals surface area contributed by atoms with Crippen molar-refractivity contribution in [2.75, 3.05) is 0 Å². The molecule has 1 rings (SSSR count). The quantitative estimate of drug-likeness (QED) is 0.473. The van der Waals surface area contributed by atoms with Gasteiger partial charge in [0.1, 0.15) is 6.29 Å². The van der Waals surface area contributed by atoms with E-state index >= 15 is 0 Å². The number of hydrogen-bond acceptors (Lipinski definition) is 1. The Morgan fingerprint density at radius 2 is 2.45 bits per heavy atom. The van der Waals surface area contributed by atoms with Crippen LogP contribution in [0.2, 0.25) is 0 Å². The summed E-state index contributed by atoms with van der Waals surface area (Å²) in [5.41, 5.74) is 1.07. The summed E-state index contributed by atoms with van der Waals surface area (Å²) in [6.07, 6.45) is 6.08. The lowest BCUT2D eigenvalue weighted by Crippen LogP contribution is -1.93. The third-order valence-corrected chi connectivity index (χ3v) is 1.55. The first-order chi connectivity index (χ1) is 5.38. The molecule has 0 aromatic carbocycles. The van der Waals surface area contributed by atoms with E-state index in [4.69, 9.17) is 0 Å². The average molecular weight is 149 g/mol. The second-order valence-electron chi connectivity index (χ2n) is 2.21. The van der Waals surface area contributed by atoms with Gasteiger partial charge in [-0.15, -0.1) is 0 Å². The van der Waals surface area contributed by atoms with Crippen LogP contribution in [0, 0.1) is 0 Å². The first kappa shape index (κ1) is 7.79. The number of carbonyl (C=O) groups excluding carboxylic acids is 1. The van der Waals surface area contributed by atoms with Crippen LogP contribution in [0.5, 0.6) is 0 Å². The van der Waals surface area contributed by atoms with Gasteiger partial charge in [-0.25, -0.2) is 0 Å². The molecule has 0 saturated carbocycles. The second kappa shape index (κ2) is 3.76. The van der Waals surface area contributed by atoms with Gasteiger partial charge in [-0.1, -0.05) is 0 Å². The number of aromatic nitrogens is 1. The molecule has 0 fully saturated rings. The van der Waals surface area contributed by atoms with Crippen LogP contribution in [0.1, 0.15) is 12.6 Å². The SMILES string of the molecule is CCn1cccc1C=CC=O. The molecular weight excluding hydrogens is 138 g/mol. The molecule has 0 spiro atoms. The van der Waals surface area contributed by atoms with E-state index in [1.54, 1.807) is 6.08 Å². The third kappa shape index (κ3) is 1.80. The Balaban J connectivity index is 2.84. The van der Waals surface area contributed by atoms with E-state index in [2.05, 4.69) is 11.5 Å². The summed E-state index contributed by atoms with van der Waals surface area (Å²) in [6.45, 7) is 3.00. The monoisotopic (exact) mass is 149 g/mol. The van der Waals surface area contributed by atoms with Crippen LogP contribution in [0.15, 0.2) is 24.4 Å². The molecule has 0 saturated heterocycles. The molecule has 0 bridgehead atoms. The number of carbonyl (C=O) groups is 1. The van der Waals surface area contributed by atoms with Crippen molar-refractivity contribution in [3.8, 4) is 0 Å². The molecule has 0 aliphatic rings. The van der Waals surface area contributed by atoms with Crippen molar-refractivity contribution in [2.24, 2.45) is 0 Å². The van der Waals surface area contributed by atoms with Crippen molar-refractivity contribution in [1.82, 2.24) is 4.57 Å². The molecule has 0 unspecified atom stereocenters. The van der Waals surface area contributed by atoms with Gasteiger partial charge in [0.2, 0.25) is 0 Å². The van der Waals surface area contributed by atoms with E-state index in [1.807, 2.05) is 18.3 Å². The number of hydrogen-bond donors (Lipinski definition) is 0. The molecule has 0 aliphatic heterocycles. The predicted molar refractivity (Wildman–Crippen MR) is 45.2 cm³/mol. The van der Waals surface area contributed by atoms with E-state index in [1.165, 1.54) is 6.08 Å². The number of rotatable bonds is 3. The number of aryl methyl sites for hydroxylation is 1. The summed E-state index contributed by atoms with van der Waals surface area (Å²) >= 11 is 0. The van der Waals surface area contributed by atoms with E-state index in [0.717, 1.165) is 18.5 Å². The predicted octanol–water partition coefficient (Wildman–Crippen LogP) is 1.72. The highest BCUT2D eigenvalue weighted by atomic mass is 16.1. The molecule has 0 atom stereocenters. The van der Waals surface area contributed by atoms with E-state index in [9.17, 15) is 4.79 Å². The molecular formula is C9H11NO. The maximum Gasteiger partial charge on any atom is 0.142 e. The van der Waals surface area contributed by atoms with E-state index in [0.29, 0.717) is 0 Å². The summed E-state index contributed by atoms with van der Waals surface area (Å²) in [5, 5.41) is 0. The van der Waals surface area contributed by atoms with Gasteiger partial charge in [-0.05, 0) is 31.2 Å². The lowest BCUT2D eigenvalue weighted by atomic mass is 10.4. The van der Waals surface area contributed by atoms with E-state index in [-0.39, 0.29) is 0 Å². The Morgan fingerprint density at radius 3 is 3.09 bits per heavy atom. The van der Waals surface area contributed by atoms with Crippen molar-refractivity contribution in [3.05, 3.63) is 30.1 Å². The Morgan fingerprint density at radius 1 is 1.64 bits per heavy atom. The van der Waals surface area contributed by atoms with Gasteiger partial charge in [-0.3, -0.25) is 4.79 Å². The van der Waals surface area contributed by atoms with Gasteiger partial charge >= 0.3 is 0 Å². The van der Waals surface area contributed by atoms with Crippen LogP contribution in [0.3, 0.4) is 0 Å². The van der Waals surface area contributed by atoms with Crippen LogP contribution in [0.4, 0.5) is 0 Å². The first-order valence-electron chi connectivity index (χ1n) is 3.65. The standard InChI is InChI=1S/C9H11NO/c1-2-10-7-3-5-9(10)6-4-8-11/h3-8H,2H2,1H3. The fourth-order valence-corrected chi connectivity index (χ4v) is 1.00. The topological polar surface area (TPSA) is 22.0 Å². The Kier molecular flexibility index (Phi) is 2.66. The van der Waals surface area contributed by atoms with Gasteiger partial charge in [0.05, 0.1) is 0 Å². The highest BCUT2D eigenvalue weighted by Crippen LogP contribution is 2.03. The largest absolute Gasteiger partial charge is 0.348 e. The van der Waals surface area contributed by atoms with Crippen molar-refractivity contribution >= 4 is 12.4 Å². The first-order valence-corrected chi connectivity index (χ1v) is 3.65. The molecule has 0 N–H and O–H groups in total. The normalized spacial score (nSPS) is 10.6. The summed E-state index contributed by atoms with van der Waals surface area (Å²) in [6, 6.07) is 3.94. The Bertz CT molecular complexity index is 260. The maximum atomic E-state index is 10.0. The fraction of sp³-hybridized carbons (Fsp3) is 0.222. The average Bonchev–Trinajstić information content (AvgIpc) is 2.47. The maximum absolute atomic E-state index is 10.0. The number of nitrogens with zero attached hydrogens (tertiary/aromatic N) is 1. The van der Waals surface area contributed by atoms with Crippen LogP contribution >= 0.6 is 0 Å². The number of allylic oxidation sites excluding steroid dienone is 1. The highest BCUT2D eigenvalue weighted by Gasteiger charge is 1.91. The molecule has 2 heteroatoms. The molecule has 1 heterocycles. The third-order valence-electron chi connectivity index (χ3n) is 1.55. The molecule has 1 aromatic rings.